The minimum Gasteiger partial charge on any atom is -0.480 e. The van der Waals surface area contributed by atoms with E-state index in [4.69, 9.17) is 4.74 Å². The van der Waals surface area contributed by atoms with Gasteiger partial charge in [0.1, 0.15) is 19.2 Å². The predicted octanol–water partition coefficient (Wildman–Crippen LogP) is 4.22. The second-order valence-electron chi connectivity index (χ2n) is 8.80. The molecule has 2 amide bonds. The van der Waals surface area contributed by atoms with Crippen LogP contribution in [-0.2, 0) is 14.3 Å². The molecule has 0 spiro atoms. The molecule has 182 valence electrons. The Labute approximate surface area is 204 Å². The number of nitrogens with one attached hydrogen (secondary N) is 1. The number of hydrogen-bond acceptors (Lipinski definition) is 5. The Kier molecular flexibility index (Phi) is 8.98. The van der Waals surface area contributed by atoms with Crippen molar-refractivity contribution in [2.45, 2.75) is 32.2 Å². The van der Waals surface area contributed by atoms with E-state index in [2.05, 4.69) is 17.4 Å². The highest BCUT2D eigenvalue weighted by atomic mass is 32.2. The van der Waals surface area contributed by atoms with Crippen LogP contribution in [0, 0.1) is 5.92 Å². The molecule has 0 heterocycles. The number of rotatable bonds is 11. The van der Waals surface area contributed by atoms with Gasteiger partial charge in [-0.1, -0.05) is 62.4 Å². The number of amides is 2. The Hall–Kier alpha value is -3.00. The topological polar surface area (TPSA) is 95.9 Å². The average molecular weight is 485 g/mol. The molecule has 1 aliphatic carbocycles. The molecule has 1 unspecified atom stereocenters. The molecule has 34 heavy (non-hydrogen) atoms. The zero-order chi connectivity index (χ0) is 24.7. The van der Waals surface area contributed by atoms with Crippen LogP contribution in [-0.4, -0.2) is 65.7 Å². The molecule has 0 saturated carbocycles. The van der Waals surface area contributed by atoms with Crippen LogP contribution in [0.3, 0.4) is 0 Å². The van der Waals surface area contributed by atoms with Gasteiger partial charge in [0.2, 0.25) is 5.91 Å². The monoisotopic (exact) mass is 484 g/mol. The van der Waals surface area contributed by atoms with Gasteiger partial charge < -0.3 is 20.1 Å². The summed E-state index contributed by atoms with van der Waals surface area (Å²) >= 11 is 1.53. The molecule has 7 nitrogen and oxygen atoms in total. The summed E-state index contributed by atoms with van der Waals surface area (Å²) in [5.41, 5.74) is 4.49. The third kappa shape index (κ3) is 6.32. The van der Waals surface area contributed by atoms with Crippen molar-refractivity contribution in [1.29, 1.82) is 0 Å². The van der Waals surface area contributed by atoms with Gasteiger partial charge in [0.15, 0.2) is 0 Å². The molecule has 0 saturated heterocycles. The largest absolute Gasteiger partial charge is 0.480 e. The summed E-state index contributed by atoms with van der Waals surface area (Å²) in [6, 6.07) is 15.3. The van der Waals surface area contributed by atoms with Crippen LogP contribution in [0.15, 0.2) is 48.5 Å². The normalized spacial score (nSPS) is 13.2. The Morgan fingerprint density at radius 1 is 1.06 bits per heavy atom. The van der Waals surface area contributed by atoms with Crippen LogP contribution in [0.1, 0.15) is 37.3 Å². The van der Waals surface area contributed by atoms with E-state index in [9.17, 15) is 19.5 Å². The summed E-state index contributed by atoms with van der Waals surface area (Å²) in [7, 11) is 0. The third-order valence-electron chi connectivity index (χ3n) is 5.84. The van der Waals surface area contributed by atoms with Crippen molar-refractivity contribution >= 4 is 29.7 Å². The van der Waals surface area contributed by atoms with Crippen molar-refractivity contribution in [3.8, 4) is 11.1 Å². The number of thioether (sulfide) groups is 1. The van der Waals surface area contributed by atoms with Crippen molar-refractivity contribution in [2.75, 3.05) is 31.7 Å². The highest BCUT2D eigenvalue weighted by molar-refractivity contribution is 7.98. The van der Waals surface area contributed by atoms with Crippen LogP contribution in [0.5, 0.6) is 0 Å². The quantitative estimate of drug-likeness (QED) is 0.496. The molecular formula is C26H32N2O5S. The minimum absolute atomic E-state index is 0.0810. The number of carbonyl (C=O) groups is 3. The Balaban J connectivity index is 1.69. The van der Waals surface area contributed by atoms with Crippen LogP contribution < -0.4 is 5.32 Å². The van der Waals surface area contributed by atoms with E-state index in [1.807, 2.05) is 56.5 Å². The van der Waals surface area contributed by atoms with Gasteiger partial charge in [-0.2, -0.15) is 11.8 Å². The molecule has 8 heteroatoms. The van der Waals surface area contributed by atoms with Gasteiger partial charge in [0.25, 0.3) is 0 Å². The van der Waals surface area contributed by atoms with Crippen LogP contribution >= 0.6 is 11.8 Å². The van der Waals surface area contributed by atoms with E-state index in [1.54, 1.807) is 0 Å². The maximum Gasteiger partial charge on any atom is 0.407 e. The van der Waals surface area contributed by atoms with E-state index >= 15 is 0 Å². The smallest absolute Gasteiger partial charge is 0.407 e. The Morgan fingerprint density at radius 2 is 1.65 bits per heavy atom. The van der Waals surface area contributed by atoms with Gasteiger partial charge in [-0.15, -0.1) is 0 Å². The van der Waals surface area contributed by atoms with Crippen LogP contribution in [0.2, 0.25) is 0 Å². The first kappa shape index (κ1) is 25.6. The molecule has 2 aromatic carbocycles. The van der Waals surface area contributed by atoms with E-state index in [1.165, 1.54) is 16.7 Å². The van der Waals surface area contributed by atoms with E-state index < -0.39 is 30.6 Å². The lowest BCUT2D eigenvalue weighted by Gasteiger charge is -2.27. The summed E-state index contributed by atoms with van der Waals surface area (Å²) in [5, 5.41) is 11.9. The summed E-state index contributed by atoms with van der Waals surface area (Å²) in [6.07, 6.45) is 1.60. The second-order valence-corrected chi connectivity index (χ2v) is 9.78. The fourth-order valence-electron chi connectivity index (χ4n) is 4.33. The van der Waals surface area contributed by atoms with Gasteiger partial charge in [-0.3, -0.25) is 9.59 Å². The summed E-state index contributed by atoms with van der Waals surface area (Å²) in [4.78, 5) is 38.5. The molecule has 1 aliphatic rings. The first-order valence-electron chi connectivity index (χ1n) is 11.4. The molecule has 0 fully saturated rings. The molecule has 3 rings (SSSR count). The lowest BCUT2D eigenvalue weighted by atomic mass is 9.98. The fourth-order valence-corrected chi connectivity index (χ4v) is 4.73. The summed E-state index contributed by atoms with van der Waals surface area (Å²) in [6.45, 7) is 3.94. The van der Waals surface area contributed by atoms with E-state index in [0.29, 0.717) is 18.7 Å². The number of ether oxygens (including phenoxy) is 1. The SMILES string of the molecule is CSCCN(CC(=O)O)C(=O)C(CC(C)C)NC(=O)OCC1c2ccccc2-c2ccccc21. The van der Waals surface area contributed by atoms with Gasteiger partial charge in [-0.05, 0) is 40.8 Å². The maximum atomic E-state index is 13.1. The minimum atomic E-state index is -1.08. The maximum absolute atomic E-state index is 13.1. The van der Waals surface area contributed by atoms with Gasteiger partial charge in [-0.25, -0.2) is 4.79 Å². The number of carboxylic acids is 1. The van der Waals surface area contributed by atoms with Crippen LogP contribution in [0.4, 0.5) is 4.79 Å². The molecule has 2 aromatic rings. The number of aliphatic carboxylic acids is 1. The summed E-state index contributed by atoms with van der Waals surface area (Å²) < 4.78 is 5.60. The molecule has 0 aliphatic heterocycles. The zero-order valence-electron chi connectivity index (χ0n) is 19.8. The number of hydrogen-bond donors (Lipinski definition) is 2. The van der Waals surface area contributed by atoms with Gasteiger partial charge in [0.05, 0.1) is 0 Å². The Morgan fingerprint density at radius 3 is 2.18 bits per heavy atom. The van der Waals surface area contributed by atoms with Crippen molar-refractivity contribution in [2.24, 2.45) is 5.92 Å². The predicted molar refractivity (Wildman–Crippen MR) is 134 cm³/mol. The third-order valence-corrected chi connectivity index (χ3v) is 6.43. The van der Waals surface area contributed by atoms with Gasteiger partial charge >= 0.3 is 12.1 Å². The van der Waals surface area contributed by atoms with Crippen molar-refractivity contribution in [3.05, 3.63) is 59.7 Å². The summed E-state index contributed by atoms with van der Waals surface area (Å²) in [5.74, 6) is -0.839. The highest BCUT2D eigenvalue weighted by Crippen LogP contribution is 2.44. The van der Waals surface area contributed by atoms with Crippen LogP contribution in [0.25, 0.3) is 11.1 Å². The lowest BCUT2D eigenvalue weighted by Crippen LogP contribution is -2.51. The molecule has 0 aromatic heterocycles. The fraction of sp³-hybridized carbons (Fsp3) is 0.423. The Bertz CT molecular complexity index is 980. The van der Waals surface area contributed by atoms with E-state index in [0.717, 1.165) is 22.3 Å². The van der Waals surface area contributed by atoms with Crippen molar-refractivity contribution < 1.29 is 24.2 Å². The lowest BCUT2D eigenvalue weighted by molar-refractivity contribution is -0.145. The zero-order valence-corrected chi connectivity index (χ0v) is 20.6. The molecule has 0 bridgehead atoms. The molecule has 0 radical (unpaired) electrons. The number of carbonyl (C=O) groups excluding carboxylic acids is 2. The molecule has 2 N–H and O–H groups in total. The van der Waals surface area contributed by atoms with E-state index in [-0.39, 0.29) is 18.4 Å². The van der Waals surface area contributed by atoms with Crippen molar-refractivity contribution in [3.63, 3.8) is 0 Å². The second kappa shape index (κ2) is 11.9. The number of benzene rings is 2. The standard InChI is InChI=1S/C26H32N2O5S/c1-17(2)14-23(25(31)28(12-13-34-3)15-24(29)30)27-26(32)33-16-22-20-10-6-4-8-18(20)19-9-5-7-11-21(19)22/h4-11,17,22-23H,12-16H2,1-3H3,(H,27,32)(H,29,30). The molecular weight excluding hydrogens is 452 g/mol. The number of carboxylic acid groups (broad SMARTS) is 1. The number of alkyl carbamates (subject to hydrolysis) is 1. The average Bonchev–Trinajstić information content (AvgIpc) is 3.13. The first-order valence-corrected chi connectivity index (χ1v) is 12.8. The highest BCUT2D eigenvalue weighted by Gasteiger charge is 2.31. The van der Waals surface area contributed by atoms with Crippen molar-refractivity contribution in [1.82, 2.24) is 10.2 Å². The number of nitrogens with zero attached hydrogens (tertiary/aromatic N) is 1. The number of fused-ring (bicyclic) bond motifs is 3. The first-order chi connectivity index (χ1) is 16.3. The van der Waals surface area contributed by atoms with Gasteiger partial charge in [0, 0.05) is 18.2 Å². The molecule has 1 atom stereocenters.